The molecule has 19 heavy (non-hydrogen) atoms. The number of aromatic nitrogens is 2. The van der Waals surface area contributed by atoms with Gasteiger partial charge in [0.2, 0.25) is 0 Å². The molecule has 1 aromatic carbocycles. The number of allylic oxidation sites excluding steroid dienone is 1. The summed E-state index contributed by atoms with van der Waals surface area (Å²) < 4.78 is 7.03. The van der Waals surface area contributed by atoms with Gasteiger partial charge in [-0.05, 0) is 43.3 Å². The largest absolute Gasteiger partial charge is 0.494 e. The van der Waals surface area contributed by atoms with Crippen LogP contribution in [0.1, 0.15) is 22.8 Å². The SMILES string of the molecule is CCOc1ccc(C(=O)C=Cc2cnn(C)c2)cc1. The summed E-state index contributed by atoms with van der Waals surface area (Å²) in [5, 5.41) is 4.04. The summed E-state index contributed by atoms with van der Waals surface area (Å²) >= 11 is 0. The minimum atomic E-state index is -0.0353. The van der Waals surface area contributed by atoms with Crippen molar-refractivity contribution in [3.63, 3.8) is 0 Å². The van der Waals surface area contributed by atoms with Gasteiger partial charge >= 0.3 is 0 Å². The smallest absolute Gasteiger partial charge is 0.185 e. The molecule has 0 fully saturated rings. The molecule has 0 bridgehead atoms. The van der Waals surface area contributed by atoms with Crippen molar-refractivity contribution in [2.75, 3.05) is 6.61 Å². The molecular weight excluding hydrogens is 240 g/mol. The van der Waals surface area contributed by atoms with E-state index >= 15 is 0 Å². The highest BCUT2D eigenvalue weighted by Crippen LogP contribution is 2.13. The molecule has 0 amide bonds. The average molecular weight is 256 g/mol. The van der Waals surface area contributed by atoms with E-state index in [-0.39, 0.29) is 5.78 Å². The molecule has 98 valence electrons. The van der Waals surface area contributed by atoms with Crippen LogP contribution in [0.3, 0.4) is 0 Å². The third-order valence-corrected chi connectivity index (χ3v) is 2.60. The molecule has 0 N–H and O–H groups in total. The number of nitrogens with zero attached hydrogens (tertiary/aromatic N) is 2. The molecule has 0 aliphatic carbocycles. The van der Waals surface area contributed by atoms with Gasteiger partial charge in [0.25, 0.3) is 0 Å². The predicted octanol–water partition coefficient (Wildman–Crippen LogP) is 2.71. The summed E-state index contributed by atoms with van der Waals surface area (Å²) in [6.45, 7) is 2.55. The topological polar surface area (TPSA) is 44.1 Å². The number of carbonyl (C=O) groups is 1. The van der Waals surface area contributed by atoms with Crippen molar-refractivity contribution in [1.82, 2.24) is 9.78 Å². The van der Waals surface area contributed by atoms with Crippen LogP contribution in [0.15, 0.2) is 42.7 Å². The lowest BCUT2D eigenvalue weighted by molar-refractivity contribution is 0.104. The lowest BCUT2D eigenvalue weighted by Crippen LogP contribution is -1.95. The number of hydrogen-bond acceptors (Lipinski definition) is 3. The Bertz CT molecular complexity index is 582. The van der Waals surface area contributed by atoms with E-state index in [0.29, 0.717) is 12.2 Å². The summed E-state index contributed by atoms with van der Waals surface area (Å²) in [6, 6.07) is 7.13. The molecule has 2 rings (SSSR count). The highest BCUT2D eigenvalue weighted by atomic mass is 16.5. The van der Waals surface area contributed by atoms with Gasteiger partial charge in [-0.15, -0.1) is 0 Å². The Morgan fingerprint density at radius 2 is 2.11 bits per heavy atom. The highest BCUT2D eigenvalue weighted by molar-refractivity contribution is 6.06. The maximum atomic E-state index is 11.9. The highest BCUT2D eigenvalue weighted by Gasteiger charge is 2.02. The Labute approximate surface area is 112 Å². The van der Waals surface area contributed by atoms with Gasteiger partial charge in [0.1, 0.15) is 5.75 Å². The van der Waals surface area contributed by atoms with E-state index in [2.05, 4.69) is 5.10 Å². The Kier molecular flexibility index (Phi) is 4.13. The normalized spacial score (nSPS) is 10.8. The van der Waals surface area contributed by atoms with Gasteiger partial charge in [0.05, 0.1) is 12.8 Å². The first-order valence-corrected chi connectivity index (χ1v) is 6.13. The molecule has 0 atom stereocenters. The fourth-order valence-electron chi connectivity index (χ4n) is 1.68. The standard InChI is InChI=1S/C15H16N2O2/c1-3-19-14-7-5-13(6-8-14)15(18)9-4-12-10-16-17(2)11-12/h4-11H,3H2,1-2H3. The molecule has 0 saturated carbocycles. The number of rotatable bonds is 5. The van der Waals surface area contributed by atoms with Crippen LogP contribution >= 0.6 is 0 Å². The van der Waals surface area contributed by atoms with E-state index in [0.717, 1.165) is 11.3 Å². The van der Waals surface area contributed by atoms with Crippen LogP contribution in [0.25, 0.3) is 6.08 Å². The van der Waals surface area contributed by atoms with Crippen molar-refractivity contribution < 1.29 is 9.53 Å². The summed E-state index contributed by atoms with van der Waals surface area (Å²) in [7, 11) is 1.84. The van der Waals surface area contributed by atoms with Crippen molar-refractivity contribution in [3.8, 4) is 5.75 Å². The zero-order chi connectivity index (χ0) is 13.7. The minimum Gasteiger partial charge on any atom is -0.494 e. The van der Waals surface area contributed by atoms with Gasteiger partial charge in [-0.3, -0.25) is 9.48 Å². The molecular formula is C15H16N2O2. The molecule has 2 aromatic rings. The molecule has 0 unspecified atom stereocenters. The van der Waals surface area contributed by atoms with Gasteiger partial charge in [-0.1, -0.05) is 0 Å². The molecule has 0 radical (unpaired) electrons. The van der Waals surface area contributed by atoms with Crippen LogP contribution in [0.2, 0.25) is 0 Å². The second-order valence-corrected chi connectivity index (χ2v) is 4.10. The van der Waals surface area contributed by atoms with Crippen LogP contribution in [0, 0.1) is 0 Å². The average Bonchev–Trinajstić information content (AvgIpc) is 2.83. The second kappa shape index (κ2) is 6.00. The number of hydrogen-bond donors (Lipinski definition) is 0. The van der Waals surface area contributed by atoms with Gasteiger partial charge in [0.15, 0.2) is 5.78 Å². The van der Waals surface area contributed by atoms with Gasteiger partial charge in [-0.2, -0.15) is 5.10 Å². The van der Waals surface area contributed by atoms with Crippen molar-refractivity contribution >= 4 is 11.9 Å². The van der Waals surface area contributed by atoms with Crippen LogP contribution < -0.4 is 4.74 Å². The van der Waals surface area contributed by atoms with E-state index in [1.165, 1.54) is 0 Å². The maximum absolute atomic E-state index is 11.9. The number of ether oxygens (including phenoxy) is 1. The van der Waals surface area contributed by atoms with Crippen molar-refractivity contribution in [1.29, 1.82) is 0 Å². The Morgan fingerprint density at radius 1 is 1.37 bits per heavy atom. The van der Waals surface area contributed by atoms with Gasteiger partial charge in [-0.25, -0.2) is 0 Å². The monoisotopic (exact) mass is 256 g/mol. The minimum absolute atomic E-state index is 0.0353. The zero-order valence-corrected chi connectivity index (χ0v) is 11.0. The van der Waals surface area contributed by atoms with E-state index in [9.17, 15) is 4.79 Å². The third-order valence-electron chi connectivity index (χ3n) is 2.60. The van der Waals surface area contributed by atoms with Crippen LogP contribution in [0.5, 0.6) is 5.75 Å². The molecule has 0 spiro atoms. The van der Waals surface area contributed by atoms with Crippen molar-refractivity contribution in [2.45, 2.75) is 6.92 Å². The fourth-order valence-corrected chi connectivity index (χ4v) is 1.68. The first-order valence-electron chi connectivity index (χ1n) is 6.13. The number of benzene rings is 1. The summed E-state index contributed by atoms with van der Waals surface area (Å²) in [4.78, 5) is 11.9. The zero-order valence-electron chi connectivity index (χ0n) is 11.0. The van der Waals surface area contributed by atoms with Gasteiger partial charge < -0.3 is 4.74 Å². The Morgan fingerprint density at radius 3 is 2.68 bits per heavy atom. The second-order valence-electron chi connectivity index (χ2n) is 4.10. The van der Waals surface area contributed by atoms with Crippen molar-refractivity contribution in [3.05, 3.63) is 53.9 Å². The Hall–Kier alpha value is -2.36. The van der Waals surface area contributed by atoms with Crippen LogP contribution in [-0.4, -0.2) is 22.2 Å². The summed E-state index contributed by atoms with van der Waals surface area (Å²) in [6.07, 6.45) is 6.86. The lowest BCUT2D eigenvalue weighted by atomic mass is 10.1. The molecule has 0 aliphatic heterocycles. The molecule has 0 saturated heterocycles. The van der Waals surface area contributed by atoms with Gasteiger partial charge in [0, 0.05) is 24.4 Å². The number of aryl methyl sites for hydroxylation is 1. The maximum Gasteiger partial charge on any atom is 0.185 e. The molecule has 4 heteroatoms. The molecule has 4 nitrogen and oxygen atoms in total. The quantitative estimate of drug-likeness (QED) is 0.610. The molecule has 1 heterocycles. The van der Waals surface area contributed by atoms with E-state index in [4.69, 9.17) is 4.74 Å². The summed E-state index contributed by atoms with van der Waals surface area (Å²) in [5.74, 6) is 0.738. The fraction of sp³-hybridized carbons (Fsp3) is 0.200. The molecule has 0 aliphatic rings. The van der Waals surface area contributed by atoms with E-state index in [1.807, 2.05) is 20.2 Å². The summed E-state index contributed by atoms with van der Waals surface area (Å²) in [5.41, 5.74) is 1.55. The van der Waals surface area contributed by atoms with Crippen LogP contribution in [0.4, 0.5) is 0 Å². The lowest BCUT2D eigenvalue weighted by Gasteiger charge is -2.02. The first-order chi connectivity index (χ1) is 9.19. The number of carbonyl (C=O) groups excluding carboxylic acids is 1. The van der Waals surface area contributed by atoms with Crippen LogP contribution in [-0.2, 0) is 7.05 Å². The number of ketones is 1. The third kappa shape index (κ3) is 3.55. The predicted molar refractivity (Wildman–Crippen MR) is 74.2 cm³/mol. The first kappa shape index (κ1) is 13.1. The van der Waals surface area contributed by atoms with Crippen molar-refractivity contribution in [2.24, 2.45) is 7.05 Å². The molecule has 1 aromatic heterocycles. The van der Waals surface area contributed by atoms with E-state index in [1.54, 1.807) is 47.3 Å². The van der Waals surface area contributed by atoms with E-state index < -0.39 is 0 Å². The Balaban J connectivity index is 2.05.